The van der Waals surface area contributed by atoms with Crippen LogP contribution in [0.1, 0.15) is 12.6 Å². The van der Waals surface area contributed by atoms with Crippen molar-refractivity contribution in [1.29, 1.82) is 0 Å². The summed E-state index contributed by atoms with van der Waals surface area (Å²) >= 11 is 3.27. The highest BCUT2D eigenvalue weighted by atomic mass is 79.9. The van der Waals surface area contributed by atoms with Crippen LogP contribution in [-0.2, 0) is 11.2 Å². The first-order valence-corrected chi connectivity index (χ1v) is 8.77. The molecule has 27 heavy (non-hydrogen) atoms. The molecule has 0 aromatic carbocycles. The number of halogens is 4. The zero-order valence-corrected chi connectivity index (χ0v) is 15.8. The number of aromatic amines is 1. The number of anilines is 1. The molecule has 1 aliphatic heterocycles. The summed E-state index contributed by atoms with van der Waals surface area (Å²) in [6.45, 7) is 5.50. The molecule has 0 aliphatic carbocycles. The smallest absolute Gasteiger partial charge is 0.475 e. The number of hydrogen-bond acceptors (Lipinski definition) is 6. The third-order valence-corrected chi connectivity index (χ3v) is 4.14. The van der Waals surface area contributed by atoms with Crippen molar-refractivity contribution < 1.29 is 23.1 Å². The fourth-order valence-corrected chi connectivity index (χ4v) is 2.83. The van der Waals surface area contributed by atoms with Crippen LogP contribution in [0.3, 0.4) is 0 Å². The second kappa shape index (κ2) is 8.65. The Bertz CT molecular complexity index is 881. The van der Waals surface area contributed by atoms with Crippen molar-refractivity contribution in [3.63, 3.8) is 0 Å². The predicted molar refractivity (Wildman–Crippen MR) is 96.0 cm³/mol. The van der Waals surface area contributed by atoms with E-state index in [-0.39, 0.29) is 5.43 Å². The lowest BCUT2D eigenvalue weighted by Crippen LogP contribution is -2.45. The number of pyridine rings is 1. The topological polar surface area (TPSA) is 111 Å². The monoisotopic (exact) mass is 451 g/mol. The zero-order valence-electron chi connectivity index (χ0n) is 14.2. The van der Waals surface area contributed by atoms with Crippen molar-refractivity contribution >= 4 is 38.8 Å². The molecule has 1 fully saturated rings. The van der Waals surface area contributed by atoms with Gasteiger partial charge in [0.05, 0.1) is 6.20 Å². The molecule has 3 N–H and O–H groups in total. The summed E-state index contributed by atoms with van der Waals surface area (Å²) in [6, 6.07) is 0. The van der Waals surface area contributed by atoms with Crippen molar-refractivity contribution in [3.8, 4) is 0 Å². The Labute approximate surface area is 159 Å². The van der Waals surface area contributed by atoms with Gasteiger partial charge in [0.25, 0.3) is 0 Å². The van der Waals surface area contributed by atoms with Gasteiger partial charge in [-0.25, -0.2) is 14.8 Å². The first-order chi connectivity index (χ1) is 12.6. The first kappa shape index (κ1) is 21.1. The number of carbonyl (C=O) groups is 1. The number of aryl methyl sites for hydroxylation is 1. The summed E-state index contributed by atoms with van der Waals surface area (Å²) in [6.07, 6.45) is -2.72. The largest absolute Gasteiger partial charge is 0.490 e. The normalized spacial score (nSPS) is 14.6. The number of piperazine rings is 1. The van der Waals surface area contributed by atoms with Crippen molar-refractivity contribution in [1.82, 2.24) is 20.3 Å². The van der Waals surface area contributed by atoms with Gasteiger partial charge < -0.3 is 20.3 Å². The molecule has 2 aromatic heterocycles. The van der Waals surface area contributed by atoms with Crippen molar-refractivity contribution in [3.05, 3.63) is 26.7 Å². The number of aliphatic carboxylic acids is 1. The van der Waals surface area contributed by atoms with Gasteiger partial charge in [-0.1, -0.05) is 6.92 Å². The number of nitrogens with one attached hydrogen (secondary N) is 2. The summed E-state index contributed by atoms with van der Waals surface area (Å²) in [5.74, 6) is -2.76. The van der Waals surface area contributed by atoms with Crippen LogP contribution in [0.4, 0.5) is 18.9 Å². The van der Waals surface area contributed by atoms with E-state index < -0.39 is 12.1 Å². The Balaban J connectivity index is 0.000000321. The highest BCUT2D eigenvalue weighted by Crippen LogP contribution is 2.19. The third kappa shape index (κ3) is 5.16. The van der Waals surface area contributed by atoms with Crippen LogP contribution in [0, 0.1) is 0 Å². The SMILES string of the molecule is CCc1[nH]c2ncc(Br)nc2c(=O)c1N1CCNCC1.O=C(O)C(F)(F)F. The second-order valence-corrected chi connectivity index (χ2v) is 6.38. The number of fused-ring (bicyclic) bond motifs is 1. The van der Waals surface area contributed by atoms with Crippen molar-refractivity contribution in [2.45, 2.75) is 19.5 Å². The molecule has 3 heterocycles. The van der Waals surface area contributed by atoms with Gasteiger partial charge in [0, 0.05) is 31.9 Å². The number of aromatic nitrogens is 3. The number of alkyl halides is 3. The molecule has 2 aromatic rings. The minimum Gasteiger partial charge on any atom is -0.475 e. The summed E-state index contributed by atoms with van der Waals surface area (Å²) in [5.41, 5.74) is 2.58. The molecule has 0 atom stereocenters. The average molecular weight is 452 g/mol. The van der Waals surface area contributed by atoms with Crippen LogP contribution in [-0.4, -0.2) is 58.4 Å². The fourth-order valence-electron chi connectivity index (χ4n) is 2.55. The molecule has 8 nitrogen and oxygen atoms in total. The molecule has 1 saturated heterocycles. The van der Waals surface area contributed by atoms with E-state index in [9.17, 15) is 18.0 Å². The molecule has 0 radical (unpaired) electrons. The van der Waals surface area contributed by atoms with E-state index in [0.29, 0.717) is 15.8 Å². The molecule has 12 heteroatoms. The molecule has 1 aliphatic rings. The summed E-state index contributed by atoms with van der Waals surface area (Å²) in [5, 5.41) is 10.4. The van der Waals surface area contributed by atoms with E-state index in [4.69, 9.17) is 9.90 Å². The van der Waals surface area contributed by atoms with Gasteiger partial charge in [-0.3, -0.25) is 4.79 Å². The Kier molecular flexibility index (Phi) is 6.76. The second-order valence-electron chi connectivity index (χ2n) is 5.56. The average Bonchev–Trinajstić information content (AvgIpc) is 2.62. The minimum absolute atomic E-state index is 0.0358. The van der Waals surface area contributed by atoms with E-state index in [0.717, 1.165) is 44.0 Å². The highest BCUT2D eigenvalue weighted by molar-refractivity contribution is 9.10. The van der Waals surface area contributed by atoms with Crippen LogP contribution in [0.2, 0.25) is 0 Å². The van der Waals surface area contributed by atoms with Gasteiger partial charge >= 0.3 is 12.1 Å². The predicted octanol–water partition coefficient (Wildman–Crippen LogP) is 1.69. The summed E-state index contributed by atoms with van der Waals surface area (Å²) in [4.78, 5) is 35.6. The fraction of sp³-hybridized carbons (Fsp3) is 0.467. The van der Waals surface area contributed by atoms with Gasteiger partial charge in [-0.15, -0.1) is 0 Å². The maximum absolute atomic E-state index is 12.8. The van der Waals surface area contributed by atoms with E-state index in [1.165, 1.54) is 0 Å². The standard InChI is InChI=1S/C13H16BrN5O.C2HF3O2/c1-2-8-11(19-5-3-15-4-6-19)12(20)10-13(17-8)16-7-9(14)18-10;3-2(4,5)1(6)7/h7,15H,2-6H2,1H3,(H,16,17,20);(H,6,7). The zero-order chi connectivity index (χ0) is 20.2. The Morgan fingerprint density at radius 3 is 2.48 bits per heavy atom. The van der Waals surface area contributed by atoms with E-state index in [2.05, 4.69) is 41.1 Å². The molecule has 0 amide bonds. The van der Waals surface area contributed by atoms with Gasteiger partial charge in [0.15, 0.2) is 11.2 Å². The maximum atomic E-state index is 12.8. The summed E-state index contributed by atoms with van der Waals surface area (Å²) < 4.78 is 32.3. The number of carboxylic acid groups (broad SMARTS) is 1. The molecular formula is C15H17BrF3N5O3. The third-order valence-electron chi connectivity index (χ3n) is 3.76. The molecule has 0 unspecified atom stereocenters. The van der Waals surface area contributed by atoms with Crippen LogP contribution in [0.15, 0.2) is 15.6 Å². The van der Waals surface area contributed by atoms with Crippen molar-refractivity contribution in [2.24, 2.45) is 0 Å². The summed E-state index contributed by atoms with van der Waals surface area (Å²) in [7, 11) is 0. The van der Waals surface area contributed by atoms with Crippen LogP contribution >= 0.6 is 15.9 Å². The molecule has 0 bridgehead atoms. The van der Waals surface area contributed by atoms with E-state index in [1.807, 2.05) is 6.92 Å². The van der Waals surface area contributed by atoms with Crippen LogP contribution in [0.25, 0.3) is 11.2 Å². The molecule has 0 spiro atoms. The van der Waals surface area contributed by atoms with Gasteiger partial charge in [-0.2, -0.15) is 13.2 Å². The maximum Gasteiger partial charge on any atom is 0.490 e. The lowest BCUT2D eigenvalue weighted by atomic mass is 10.2. The molecule has 148 valence electrons. The molecule has 3 rings (SSSR count). The number of nitrogens with zero attached hydrogens (tertiary/aromatic N) is 3. The van der Waals surface area contributed by atoms with E-state index in [1.54, 1.807) is 6.20 Å². The Hall–Kier alpha value is -2.21. The quantitative estimate of drug-likeness (QED) is 0.636. The van der Waals surface area contributed by atoms with Crippen molar-refractivity contribution in [2.75, 3.05) is 31.1 Å². The minimum atomic E-state index is -5.08. The van der Waals surface area contributed by atoms with Gasteiger partial charge in [-0.05, 0) is 22.4 Å². The lowest BCUT2D eigenvalue weighted by molar-refractivity contribution is -0.192. The van der Waals surface area contributed by atoms with Crippen LogP contribution in [0.5, 0.6) is 0 Å². The number of hydrogen-bond donors (Lipinski definition) is 3. The van der Waals surface area contributed by atoms with Crippen LogP contribution < -0.4 is 15.6 Å². The Morgan fingerprint density at radius 1 is 1.37 bits per heavy atom. The number of rotatable bonds is 2. The highest BCUT2D eigenvalue weighted by Gasteiger charge is 2.38. The number of H-pyrrole nitrogens is 1. The van der Waals surface area contributed by atoms with E-state index >= 15 is 0 Å². The Morgan fingerprint density at radius 2 is 1.96 bits per heavy atom. The first-order valence-electron chi connectivity index (χ1n) is 7.98. The number of carboxylic acids is 1. The lowest BCUT2D eigenvalue weighted by Gasteiger charge is -2.30. The van der Waals surface area contributed by atoms with Gasteiger partial charge in [0.1, 0.15) is 10.3 Å². The van der Waals surface area contributed by atoms with Gasteiger partial charge in [0.2, 0.25) is 5.43 Å². The molecular weight excluding hydrogens is 435 g/mol. The molecule has 0 saturated carbocycles.